The van der Waals surface area contributed by atoms with Gasteiger partial charge in [0.2, 0.25) is 0 Å². The molecule has 2 fully saturated rings. The van der Waals surface area contributed by atoms with Gasteiger partial charge in [0, 0.05) is 41.0 Å². The van der Waals surface area contributed by atoms with Crippen LogP contribution in [0.25, 0.3) is 10.8 Å². The van der Waals surface area contributed by atoms with Gasteiger partial charge in [0.05, 0.1) is 85.5 Å². The van der Waals surface area contributed by atoms with Gasteiger partial charge >= 0.3 is 24.1 Å². The van der Waals surface area contributed by atoms with Crippen LogP contribution in [-0.4, -0.2) is 191 Å². The summed E-state index contributed by atoms with van der Waals surface area (Å²) < 4.78 is 95.0. The number of Topliss-reactive ketones (excluding diaryl/α,β-unsaturated/α-hetero) is 2. The van der Waals surface area contributed by atoms with Crippen LogP contribution in [0.3, 0.4) is 0 Å². The minimum atomic E-state index is -1.16. The summed E-state index contributed by atoms with van der Waals surface area (Å²) in [5.74, 6) is -1.52. The SMILES string of the molecule is CC[C@H]1O[C@@H](OCC(OCc2ccccc2)C(OCc2ccccc2)C(CO)OCc2ccccc2)[C@@H](OC(=O)N(C)C)C1OC(=O)CCC(C)=O.CC[C@H]1O[C@@H](OCC(OCc2ccccc2)C(OCc2ccccc2)C(COCc2ccc3ccccc3c2)OCc2ccccc2)[C@@H](OC(=O)N(C)C)C1OC(=O)CCC(C)=O. The number of ether oxygens (including phenoxy) is 15. The summed E-state index contributed by atoms with van der Waals surface area (Å²) in [7, 11) is 6.18. The van der Waals surface area contributed by atoms with Gasteiger partial charge in [-0.05, 0) is 82.5 Å². The Morgan fingerprint density at radius 1 is 0.357 bits per heavy atom. The van der Waals surface area contributed by atoms with E-state index in [1.807, 2.05) is 208 Å². The Balaban J connectivity index is 0.000000268. The molecule has 2 aliphatic rings. The summed E-state index contributed by atoms with van der Waals surface area (Å²) in [6, 6.07) is 72.8. The minimum absolute atomic E-state index is 0.0223. The maximum atomic E-state index is 13.1. The van der Waals surface area contributed by atoms with Crippen molar-refractivity contribution in [1.29, 1.82) is 0 Å². The predicted molar refractivity (Wildman–Crippen MR) is 428 cm³/mol. The van der Waals surface area contributed by atoms with E-state index in [0.717, 1.165) is 49.7 Å². The zero-order chi connectivity index (χ0) is 81.7. The highest BCUT2D eigenvalue weighted by Gasteiger charge is 2.52. The Kier molecular flexibility index (Phi) is 37.3. The molecule has 14 atom stereocenters. The molecule has 1 N–H and O–H groups in total. The summed E-state index contributed by atoms with van der Waals surface area (Å²) in [4.78, 5) is 77.4. The lowest BCUT2D eigenvalue weighted by molar-refractivity contribution is -0.217. The van der Waals surface area contributed by atoms with Gasteiger partial charge in [-0.3, -0.25) is 9.59 Å². The third-order valence-corrected chi connectivity index (χ3v) is 19.1. The molecule has 8 unspecified atom stereocenters. The van der Waals surface area contributed by atoms with Gasteiger partial charge in [-0.25, -0.2) is 9.59 Å². The maximum Gasteiger partial charge on any atom is 0.409 e. The number of hydrogen-bond acceptors (Lipinski definition) is 22. The second-order valence-corrected chi connectivity index (χ2v) is 28.6. The van der Waals surface area contributed by atoms with Gasteiger partial charge < -0.3 is 95.5 Å². The van der Waals surface area contributed by atoms with Crippen LogP contribution < -0.4 is 0 Å². The lowest BCUT2D eigenvalue weighted by atomic mass is 10.1. The smallest absolute Gasteiger partial charge is 0.409 e. The Hall–Kier alpha value is -9.64. The maximum absolute atomic E-state index is 13.1. The third-order valence-electron chi connectivity index (χ3n) is 19.1. The van der Waals surface area contributed by atoms with Crippen LogP contribution >= 0.6 is 0 Å². The number of hydrogen-bond donors (Lipinski definition) is 1. The number of carbonyl (C=O) groups is 6. The van der Waals surface area contributed by atoms with Gasteiger partial charge in [0.25, 0.3) is 0 Å². The molecule has 24 heteroatoms. The average molecular weight is 1580 g/mol. The van der Waals surface area contributed by atoms with Crippen molar-refractivity contribution in [2.45, 2.75) is 198 Å². The number of carbonyl (C=O) groups excluding carboxylic acids is 6. The number of fused-ring (bicyclic) bond motifs is 1. The topological polar surface area (TPSA) is 268 Å². The van der Waals surface area contributed by atoms with Gasteiger partial charge in [0.1, 0.15) is 60.4 Å². The van der Waals surface area contributed by atoms with Gasteiger partial charge in [-0.15, -0.1) is 0 Å². The van der Waals surface area contributed by atoms with Crippen LogP contribution in [0.1, 0.15) is 105 Å². The van der Waals surface area contributed by atoms with Crippen LogP contribution in [0.2, 0.25) is 0 Å². The third kappa shape index (κ3) is 29.6. The zero-order valence-electron chi connectivity index (χ0n) is 66.9. The van der Waals surface area contributed by atoms with E-state index in [0.29, 0.717) is 19.4 Å². The second-order valence-electron chi connectivity index (χ2n) is 28.6. The second kappa shape index (κ2) is 48.0. The molecule has 0 aromatic heterocycles. The largest absolute Gasteiger partial charge is 0.455 e. The molecule has 2 heterocycles. The van der Waals surface area contributed by atoms with E-state index < -0.39 is 110 Å². The summed E-state index contributed by atoms with van der Waals surface area (Å²) in [5.41, 5.74) is 6.58. The Morgan fingerprint density at radius 2 is 0.678 bits per heavy atom. The standard InChI is InChI=1S/C51H59NO11.C40H51NO11/c1-5-43-48(62-46(54)28-25-36(2)53)49(63-51(55)52(3)4)50(61-43)60-35-45(58-32-38-19-11-7-12-20-38)47(59-33-39-21-13-8-14-22-39)44(57-31-37-17-9-6-10-18-37)34-56-30-40-26-27-41-23-15-16-24-42(41)29-40;1-5-32-37(51-35(44)22-21-28(2)43)38(52-40(45)41(3)4)39(50-32)49-27-34(47-25-30-17-11-7-12-18-30)36(48-26-31-19-13-8-14-20-31)33(23-42)46-24-29-15-9-6-10-16-29/h6-24,26-27,29,43-45,47-50H,5,25,28,30-35H2,1-4H3;6-20,32-34,36-39,42H,5,21-27H2,1-4H3/t43-,44?,45?,47?,48?,49+,50-;32-,33?,34?,36?,37?,38+,39-/m11/s1. The summed E-state index contributed by atoms with van der Waals surface area (Å²) in [6.45, 7) is 7.69. The first-order valence-electron chi connectivity index (χ1n) is 39.1. The van der Waals surface area contributed by atoms with Gasteiger partial charge in [-0.1, -0.05) is 232 Å². The molecule has 2 amide bonds. The predicted octanol–water partition coefficient (Wildman–Crippen LogP) is 13.8. The van der Waals surface area contributed by atoms with E-state index in [4.69, 9.17) is 71.1 Å². The molecule has 0 saturated carbocycles. The van der Waals surface area contributed by atoms with Crippen LogP contribution in [0, 0.1) is 0 Å². The molecule has 0 radical (unpaired) electrons. The fourth-order valence-electron chi connectivity index (χ4n) is 12.8. The van der Waals surface area contributed by atoms with Gasteiger partial charge in [0.15, 0.2) is 37.0 Å². The first-order valence-corrected chi connectivity index (χ1v) is 39.1. The van der Waals surface area contributed by atoms with Gasteiger partial charge in [-0.2, -0.15) is 0 Å². The van der Waals surface area contributed by atoms with E-state index in [2.05, 4.69) is 30.3 Å². The number of aliphatic hydroxyl groups excluding tert-OH is 1. The van der Waals surface area contributed by atoms with Crippen molar-refractivity contribution in [3.8, 4) is 0 Å². The van der Waals surface area contributed by atoms with Crippen molar-refractivity contribution in [2.24, 2.45) is 0 Å². The van der Waals surface area contributed by atoms with Crippen LogP contribution in [-0.2, 0) is 136 Å². The highest BCUT2D eigenvalue weighted by Crippen LogP contribution is 2.34. The van der Waals surface area contributed by atoms with Crippen molar-refractivity contribution in [2.75, 3.05) is 54.6 Å². The number of rotatable bonds is 45. The fraction of sp³-hybridized carbons (Fsp3) is 0.429. The summed E-state index contributed by atoms with van der Waals surface area (Å²) in [5, 5.41) is 12.9. The molecule has 0 spiro atoms. The molecule has 0 bridgehead atoms. The Labute approximate surface area is 674 Å². The Bertz CT molecular complexity index is 4170. The summed E-state index contributed by atoms with van der Waals surface area (Å²) in [6.07, 6.45) is -13.4. The van der Waals surface area contributed by atoms with Crippen LogP contribution in [0.5, 0.6) is 0 Å². The zero-order valence-corrected chi connectivity index (χ0v) is 66.9. The quantitative estimate of drug-likeness (QED) is 0.0274. The monoisotopic (exact) mass is 1580 g/mol. The molecule has 8 aromatic carbocycles. The van der Waals surface area contributed by atoms with E-state index in [1.54, 1.807) is 14.1 Å². The lowest BCUT2D eigenvalue weighted by Gasteiger charge is -2.34. The highest BCUT2D eigenvalue weighted by molar-refractivity contribution is 5.83. The fourth-order valence-corrected chi connectivity index (χ4v) is 12.8. The number of ketones is 2. The van der Waals surface area contributed by atoms with Crippen LogP contribution in [0.4, 0.5) is 9.59 Å². The summed E-state index contributed by atoms with van der Waals surface area (Å²) >= 11 is 0. The molecule has 616 valence electrons. The molecule has 8 aromatic rings. The lowest BCUT2D eigenvalue weighted by Crippen LogP contribution is -2.48. The average Bonchev–Trinajstić information content (AvgIpc) is 1.67. The molecule has 2 aliphatic heterocycles. The van der Waals surface area contributed by atoms with E-state index >= 15 is 0 Å². The highest BCUT2D eigenvalue weighted by atomic mass is 16.8. The molecule has 115 heavy (non-hydrogen) atoms. The van der Waals surface area contributed by atoms with Crippen molar-refractivity contribution in [1.82, 2.24) is 9.80 Å². The molecule has 10 rings (SSSR count). The molecule has 0 aliphatic carbocycles. The van der Waals surface area contributed by atoms with E-state index in [1.165, 1.54) is 37.7 Å². The Morgan fingerprint density at radius 3 is 1.02 bits per heavy atom. The first kappa shape index (κ1) is 89.3. The number of aliphatic hydroxyl groups is 1. The van der Waals surface area contributed by atoms with E-state index in [9.17, 15) is 33.9 Å². The number of benzene rings is 8. The number of nitrogens with zero attached hydrogens (tertiary/aromatic N) is 2. The van der Waals surface area contributed by atoms with Crippen molar-refractivity contribution < 1.29 is 105 Å². The normalized spacial score (nSPS) is 19.3. The van der Waals surface area contributed by atoms with Crippen LogP contribution in [0.15, 0.2) is 224 Å². The first-order chi connectivity index (χ1) is 55.8. The number of esters is 2. The molecular formula is C91H110N2O22. The molecule has 24 nitrogen and oxygen atoms in total. The molecular weight excluding hydrogens is 1470 g/mol. The van der Waals surface area contributed by atoms with Crippen molar-refractivity contribution in [3.63, 3.8) is 0 Å². The van der Waals surface area contributed by atoms with Crippen molar-refractivity contribution in [3.05, 3.63) is 263 Å². The van der Waals surface area contributed by atoms with Crippen molar-refractivity contribution >= 4 is 46.5 Å². The van der Waals surface area contributed by atoms with E-state index in [-0.39, 0.29) is 103 Å². The minimum Gasteiger partial charge on any atom is -0.455 e. The molecule has 2 saturated heterocycles. The number of amides is 2.